The molecule has 0 saturated carbocycles. The SMILES string of the molecule is Clc1ccc2nc(I)c(-c3ccccc3)n2c1. The van der Waals surface area contributed by atoms with E-state index in [1.807, 2.05) is 40.9 Å². The predicted octanol–water partition coefficient (Wildman–Crippen LogP) is 4.26. The van der Waals surface area contributed by atoms with Crippen LogP contribution in [-0.4, -0.2) is 9.38 Å². The van der Waals surface area contributed by atoms with Gasteiger partial charge in [0.05, 0.1) is 10.7 Å². The first-order valence-corrected chi connectivity index (χ1v) is 6.60. The molecule has 2 nitrogen and oxygen atoms in total. The average molecular weight is 355 g/mol. The van der Waals surface area contributed by atoms with Crippen LogP contribution in [0.3, 0.4) is 0 Å². The van der Waals surface area contributed by atoms with Crippen LogP contribution in [-0.2, 0) is 0 Å². The number of pyridine rings is 1. The van der Waals surface area contributed by atoms with Crippen molar-refractivity contribution in [3.8, 4) is 11.3 Å². The van der Waals surface area contributed by atoms with E-state index < -0.39 is 0 Å². The van der Waals surface area contributed by atoms with Gasteiger partial charge in [-0.1, -0.05) is 41.9 Å². The molecule has 0 aliphatic rings. The third kappa shape index (κ3) is 1.93. The van der Waals surface area contributed by atoms with Gasteiger partial charge in [-0.25, -0.2) is 4.98 Å². The second-order valence-electron chi connectivity index (χ2n) is 3.69. The zero-order chi connectivity index (χ0) is 11.8. The van der Waals surface area contributed by atoms with Crippen molar-refractivity contribution in [1.29, 1.82) is 0 Å². The minimum atomic E-state index is 0.712. The summed E-state index contributed by atoms with van der Waals surface area (Å²) in [7, 11) is 0. The number of hydrogen-bond donors (Lipinski definition) is 0. The van der Waals surface area contributed by atoms with E-state index in [1.165, 1.54) is 0 Å². The molecule has 17 heavy (non-hydrogen) atoms. The minimum Gasteiger partial charge on any atom is -0.297 e. The highest BCUT2D eigenvalue weighted by molar-refractivity contribution is 14.1. The molecule has 1 aromatic carbocycles. The molecule has 0 unspecified atom stereocenters. The Kier molecular flexibility index (Phi) is 2.80. The standard InChI is InChI=1S/C13H8ClIN2/c14-10-6-7-11-16-13(15)12(17(11)8-10)9-4-2-1-3-5-9/h1-8H. The van der Waals surface area contributed by atoms with Gasteiger partial charge in [0.25, 0.3) is 0 Å². The van der Waals surface area contributed by atoms with Crippen LogP contribution in [0.1, 0.15) is 0 Å². The molecule has 0 fully saturated rings. The fraction of sp³-hybridized carbons (Fsp3) is 0. The molecule has 3 aromatic rings. The topological polar surface area (TPSA) is 17.3 Å². The van der Waals surface area contributed by atoms with Gasteiger partial charge >= 0.3 is 0 Å². The van der Waals surface area contributed by atoms with Crippen LogP contribution in [0.5, 0.6) is 0 Å². The van der Waals surface area contributed by atoms with Gasteiger partial charge in [-0.3, -0.25) is 4.40 Å². The molecule has 84 valence electrons. The fourth-order valence-electron chi connectivity index (χ4n) is 1.84. The molecule has 0 amide bonds. The Hall–Kier alpha value is -1.07. The number of benzene rings is 1. The summed E-state index contributed by atoms with van der Waals surface area (Å²) >= 11 is 8.29. The van der Waals surface area contributed by atoms with Crippen LogP contribution in [0.15, 0.2) is 48.7 Å². The molecule has 0 aliphatic carbocycles. The lowest BCUT2D eigenvalue weighted by atomic mass is 10.2. The van der Waals surface area contributed by atoms with E-state index >= 15 is 0 Å². The minimum absolute atomic E-state index is 0.712. The van der Waals surface area contributed by atoms with Gasteiger partial charge in [0.2, 0.25) is 0 Å². The van der Waals surface area contributed by atoms with E-state index in [0.717, 1.165) is 20.6 Å². The van der Waals surface area contributed by atoms with Crippen molar-refractivity contribution >= 4 is 39.8 Å². The highest BCUT2D eigenvalue weighted by Gasteiger charge is 2.11. The van der Waals surface area contributed by atoms with E-state index in [-0.39, 0.29) is 0 Å². The smallest absolute Gasteiger partial charge is 0.138 e. The summed E-state index contributed by atoms with van der Waals surface area (Å²) in [6, 6.07) is 14.0. The van der Waals surface area contributed by atoms with Crippen molar-refractivity contribution in [3.63, 3.8) is 0 Å². The lowest BCUT2D eigenvalue weighted by molar-refractivity contribution is 1.19. The molecule has 2 aromatic heterocycles. The Morgan fingerprint density at radius 3 is 2.59 bits per heavy atom. The highest BCUT2D eigenvalue weighted by Crippen LogP contribution is 2.27. The Morgan fingerprint density at radius 1 is 1.06 bits per heavy atom. The number of aromatic nitrogens is 2. The second kappa shape index (κ2) is 4.31. The maximum Gasteiger partial charge on any atom is 0.138 e. The zero-order valence-corrected chi connectivity index (χ0v) is 11.7. The molecule has 0 bridgehead atoms. The van der Waals surface area contributed by atoms with E-state index in [0.29, 0.717) is 5.02 Å². The monoisotopic (exact) mass is 354 g/mol. The highest BCUT2D eigenvalue weighted by atomic mass is 127. The molecule has 0 N–H and O–H groups in total. The second-order valence-corrected chi connectivity index (χ2v) is 5.15. The van der Waals surface area contributed by atoms with Crippen LogP contribution in [0, 0.1) is 3.70 Å². The van der Waals surface area contributed by atoms with Gasteiger partial charge in [-0.2, -0.15) is 0 Å². The first-order chi connectivity index (χ1) is 8.25. The molecule has 0 atom stereocenters. The van der Waals surface area contributed by atoms with Gasteiger partial charge in [0.15, 0.2) is 0 Å². The molecular formula is C13H8ClIN2. The fourth-order valence-corrected chi connectivity index (χ4v) is 2.82. The summed E-state index contributed by atoms with van der Waals surface area (Å²) in [6.45, 7) is 0. The van der Waals surface area contributed by atoms with Crippen molar-refractivity contribution in [1.82, 2.24) is 9.38 Å². The van der Waals surface area contributed by atoms with Crippen LogP contribution >= 0.6 is 34.2 Å². The molecule has 0 spiro atoms. The average Bonchev–Trinajstić information content (AvgIpc) is 2.65. The van der Waals surface area contributed by atoms with Crippen molar-refractivity contribution in [2.45, 2.75) is 0 Å². The van der Waals surface area contributed by atoms with Gasteiger partial charge in [-0.05, 0) is 34.7 Å². The first-order valence-electron chi connectivity index (χ1n) is 5.14. The van der Waals surface area contributed by atoms with Crippen LogP contribution in [0.25, 0.3) is 16.9 Å². The zero-order valence-electron chi connectivity index (χ0n) is 8.77. The summed E-state index contributed by atoms with van der Waals surface area (Å²) < 4.78 is 3.01. The number of fused-ring (bicyclic) bond motifs is 1. The molecule has 4 heteroatoms. The molecule has 0 saturated heterocycles. The lowest BCUT2D eigenvalue weighted by Gasteiger charge is -2.02. The third-order valence-electron chi connectivity index (χ3n) is 2.59. The van der Waals surface area contributed by atoms with Crippen LogP contribution < -0.4 is 0 Å². The normalized spacial score (nSPS) is 10.9. The maximum atomic E-state index is 6.04. The van der Waals surface area contributed by atoms with Crippen LogP contribution in [0.4, 0.5) is 0 Å². The summed E-state index contributed by atoms with van der Waals surface area (Å²) in [5, 5.41) is 0.712. The number of rotatable bonds is 1. The summed E-state index contributed by atoms with van der Waals surface area (Å²) in [6.07, 6.45) is 1.90. The van der Waals surface area contributed by atoms with Gasteiger partial charge < -0.3 is 0 Å². The maximum absolute atomic E-state index is 6.04. The van der Waals surface area contributed by atoms with Crippen molar-refractivity contribution in [3.05, 3.63) is 57.4 Å². The number of hydrogen-bond acceptors (Lipinski definition) is 1. The Labute approximate surface area is 117 Å². The third-order valence-corrected chi connectivity index (χ3v) is 3.56. The Morgan fingerprint density at radius 2 is 1.82 bits per heavy atom. The summed E-state index contributed by atoms with van der Waals surface area (Å²) in [5.41, 5.74) is 3.15. The van der Waals surface area contributed by atoms with Crippen molar-refractivity contribution in [2.24, 2.45) is 0 Å². The number of imidazole rings is 1. The molecule has 0 aliphatic heterocycles. The van der Waals surface area contributed by atoms with Gasteiger partial charge in [0.1, 0.15) is 9.35 Å². The predicted molar refractivity (Wildman–Crippen MR) is 78.4 cm³/mol. The Balaban J connectivity index is 2.35. The quantitative estimate of drug-likeness (QED) is 0.597. The first kappa shape index (κ1) is 11.0. The Bertz CT molecular complexity index is 676. The summed E-state index contributed by atoms with van der Waals surface area (Å²) in [5.74, 6) is 0. The van der Waals surface area contributed by atoms with Gasteiger partial charge in [-0.15, -0.1) is 0 Å². The number of halogens is 2. The molecule has 2 heterocycles. The summed E-state index contributed by atoms with van der Waals surface area (Å²) in [4.78, 5) is 4.52. The van der Waals surface area contributed by atoms with E-state index in [9.17, 15) is 0 Å². The van der Waals surface area contributed by atoms with Crippen molar-refractivity contribution in [2.75, 3.05) is 0 Å². The lowest BCUT2D eigenvalue weighted by Crippen LogP contribution is -1.88. The largest absolute Gasteiger partial charge is 0.297 e. The van der Waals surface area contributed by atoms with E-state index in [2.05, 4.69) is 39.7 Å². The van der Waals surface area contributed by atoms with Gasteiger partial charge in [0, 0.05) is 11.8 Å². The molecule has 0 radical (unpaired) electrons. The van der Waals surface area contributed by atoms with E-state index in [1.54, 1.807) is 0 Å². The molecule has 3 rings (SSSR count). The molecular weight excluding hydrogens is 347 g/mol. The van der Waals surface area contributed by atoms with E-state index in [4.69, 9.17) is 11.6 Å². The number of nitrogens with zero attached hydrogens (tertiary/aromatic N) is 2. The van der Waals surface area contributed by atoms with Crippen molar-refractivity contribution < 1.29 is 0 Å². The van der Waals surface area contributed by atoms with Crippen LogP contribution in [0.2, 0.25) is 5.02 Å².